The maximum atomic E-state index is 12.2. The maximum Gasteiger partial charge on any atom is 0.261 e. The molecule has 1 aliphatic carbocycles. The van der Waals surface area contributed by atoms with E-state index in [9.17, 15) is 13.2 Å². The van der Waals surface area contributed by atoms with Crippen molar-refractivity contribution in [1.29, 1.82) is 0 Å². The van der Waals surface area contributed by atoms with Crippen molar-refractivity contribution >= 4 is 25.6 Å². The van der Waals surface area contributed by atoms with Crippen LogP contribution in [0, 0.1) is 19.8 Å². The minimum Gasteiger partial charge on any atom is -0.352 e. The summed E-state index contributed by atoms with van der Waals surface area (Å²) in [6.07, 6.45) is 4.72. The number of nitrogens with one attached hydrogen (secondary N) is 1. The second-order valence-electron chi connectivity index (χ2n) is 5.71. The molecule has 1 amide bonds. The Morgan fingerprint density at radius 1 is 1.29 bits per heavy atom. The zero-order valence-electron chi connectivity index (χ0n) is 12.3. The molecule has 0 aromatic heterocycles. The van der Waals surface area contributed by atoms with E-state index in [2.05, 4.69) is 5.32 Å². The smallest absolute Gasteiger partial charge is 0.261 e. The van der Waals surface area contributed by atoms with Gasteiger partial charge in [0.2, 0.25) is 0 Å². The summed E-state index contributed by atoms with van der Waals surface area (Å²) in [6, 6.07) is 3.04. The standard InChI is InChI=1S/C15H20ClNO3S/c1-10-8-11(2)14(21(16,19)20)9-13(10)15(18)17-7-3-4-12-5-6-12/h8-9,12H,3-7H2,1-2H3,(H,17,18). The molecule has 0 unspecified atom stereocenters. The molecule has 1 aromatic rings. The van der Waals surface area contributed by atoms with Gasteiger partial charge in [0, 0.05) is 22.8 Å². The highest BCUT2D eigenvalue weighted by Crippen LogP contribution is 2.33. The summed E-state index contributed by atoms with van der Waals surface area (Å²) in [5, 5.41) is 2.84. The normalized spacial score (nSPS) is 15.0. The Bertz CT molecular complexity index is 651. The SMILES string of the molecule is Cc1cc(C)c(S(=O)(=O)Cl)cc1C(=O)NCCCC1CC1. The number of amides is 1. The lowest BCUT2D eigenvalue weighted by Crippen LogP contribution is -2.25. The van der Waals surface area contributed by atoms with Crippen LogP contribution in [-0.4, -0.2) is 20.9 Å². The van der Waals surface area contributed by atoms with Gasteiger partial charge in [-0.05, 0) is 49.8 Å². The highest BCUT2D eigenvalue weighted by molar-refractivity contribution is 8.13. The molecule has 0 bridgehead atoms. The van der Waals surface area contributed by atoms with E-state index in [1.54, 1.807) is 19.9 Å². The molecule has 6 heteroatoms. The van der Waals surface area contributed by atoms with Gasteiger partial charge in [0.15, 0.2) is 0 Å². The molecule has 4 nitrogen and oxygen atoms in total. The van der Waals surface area contributed by atoms with Crippen LogP contribution in [0.4, 0.5) is 0 Å². The van der Waals surface area contributed by atoms with Gasteiger partial charge in [-0.25, -0.2) is 8.42 Å². The molecular weight excluding hydrogens is 310 g/mol. The van der Waals surface area contributed by atoms with Crippen LogP contribution in [-0.2, 0) is 9.05 Å². The number of halogens is 1. The topological polar surface area (TPSA) is 63.2 Å². The molecule has 1 N–H and O–H groups in total. The van der Waals surface area contributed by atoms with Crippen molar-refractivity contribution in [3.05, 3.63) is 28.8 Å². The molecular formula is C15H20ClNO3S. The fraction of sp³-hybridized carbons (Fsp3) is 0.533. The first-order valence-electron chi connectivity index (χ1n) is 7.13. The summed E-state index contributed by atoms with van der Waals surface area (Å²) in [7, 11) is 1.56. The minimum atomic E-state index is -3.84. The average molecular weight is 330 g/mol. The molecule has 1 aliphatic rings. The van der Waals surface area contributed by atoms with Crippen LogP contribution in [0.25, 0.3) is 0 Å². The first-order chi connectivity index (χ1) is 9.79. The van der Waals surface area contributed by atoms with Crippen LogP contribution in [0.3, 0.4) is 0 Å². The molecule has 0 atom stereocenters. The van der Waals surface area contributed by atoms with Crippen LogP contribution >= 0.6 is 10.7 Å². The molecule has 1 aromatic carbocycles. The molecule has 0 aliphatic heterocycles. The molecule has 0 spiro atoms. The number of carbonyl (C=O) groups excluding carboxylic acids is 1. The van der Waals surface area contributed by atoms with E-state index in [-0.39, 0.29) is 10.8 Å². The Balaban J connectivity index is 2.08. The number of aryl methyl sites for hydroxylation is 2. The largest absolute Gasteiger partial charge is 0.352 e. The summed E-state index contributed by atoms with van der Waals surface area (Å²) in [4.78, 5) is 12.2. The third-order valence-electron chi connectivity index (χ3n) is 3.80. The Morgan fingerprint density at radius 2 is 1.95 bits per heavy atom. The predicted octanol–water partition coefficient (Wildman–Crippen LogP) is 3.15. The molecule has 1 saturated carbocycles. The summed E-state index contributed by atoms with van der Waals surface area (Å²) in [5.74, 6) is 0.598. The second-order valence-corrected chi connectivity index (χ2v) is 8.25. The fourth-order valence-corrected chi connectivity index (χ4v) is 3.63. The van der Waals surface area contributed by atoms with Gasteiger partial charge < -0.3 is 5.32 Å². The lowest BCUT2D eigenvalue weighted by molar-refractivity contribution is 0.0952. The van der Waals surface area contributed by atoms with Crippen molar-refractivity contribution in [2.45, 2.75) is 44.4 Å². The van der Waals surface area contributed by atoms with Gasteiger partial charge in [-0.3, -0.25) is 4.79 Å². The van der Waals surface area contributed by atoms with Crippen molar-refractivity contribution in [3.8, 4) is 0 Å². The Labute approximate surface area is 130 Å². The van der Waals surface area contributed by atoms with Crippen LogP contribution in [0.15, 0.2) is 17.0 Å². The Kier molecular flexibility index (Phi) is 4.94. The second kappa shape index (κ2) is 6.36. The number of hydrogen-bond acceptors (Lipinski definition) is 3. The summed E-state index contributed by atoms with van der Waals surface area (Å²) >= 11 is 0. The van der Waals surface area contributed by atoms with Crippen molar-refractivity contribution in [1.82, 2.24) is 5.32 Å². The maximum absolute atomic E-state index is 12.2. The number of carbonyl (C=O) groups is 1. The minimum absolute atomic E-state index is 0.00195. The van der Waals surface area contributed by atoms with Crippen molar-refractivity contribution in [2.24, 2.45) is 5.92 Å². The van der Waals surface area contributed by atoms with Gasteiger partial charge in [0.1, 0.15) is 0 Å². The van der Waals surface area contributed by atoms with Crippen molar-refractivity contribution in [3.63, 3.8) is 0 Å². The van der Waals surface area contributed by atoms with Crippen LogP contribution in [0.1, 0.15) is 47.2 Å². The van der Waals surface area contributed by atoms with Crippen molar-refractivity contribution in [2.75, 3.05) is 6.54 Å². The monoisotopic (exact) mass is 329 g/mol. The molecule has 2 rings (SSSR count). The molecule has 0 saturated heterocycles. The van der Waals surface area contributed by atoms with Gasteiger partial charge in [-0.1, -0.05) is 18.9 Å². The number of rotatable bonds is 6. The van der Waals surface area contributed by atoms with E-state index in [0.29, 0.717) is 17.7 Å². The zero-order valence-corrected chi connectivity index (χ0v) is 13.9. The number of hydrogen-bond donors (Lipinski definition) is 1. The molecule has 116 valence electrons. The van der Waals surface area contributed by atoms with Crippen LogP contribution < -0.4 is 5.32 Å². The van der Waals surface area contributed by atoms with Gasteiger partial charge in [0.25, 0.3) is 15.0 Å². The fourth-order valence-electron chi connectivity index (χ4n) is 2.43. The van der Waals surface area contributed by atoms with Gasteiger partial charge >= 0.3 is 0 Å². The Hall–Kier alpha value is -1.07. The Morgan fingerprint density at radius 3 is 2.52 bits per heavy atom. The third kappa shape index (κ3) is 4.45. The van der Waals surface area contributed by atoms with E-state index in [0.717, 1.165) is 24.3 Å². The van der Waals surface area contributed by atoms with Crippen molar-refractivity contribution < 1.29 is 13.2 Å². The summed E-state index contributed by atoms with van der Waals surface area (Å²) in [5.41, 5.74) is 1.66. The zero-order chi connectivity index (χ0) is 15.6. The average Bonchev–Trinajstić information content (AvgIpc) is 3.16. The quantitative estimate of drug-likeness (QED) is 0.644. The first kappa shape index (κ1) is 16.3. The molecule has 0 heterocycles. The van der Waals surface area contributed by atoms with E-state index < -0.39 is 9.05 Å². The van der Waals surface area contributed by atoms with Gasteiger partial charge in [-0.2, -0.15) is 0 Å². The highest BCUT2D eigenvalue weighted by atomic mass is 35.7. The van der Waals surface area contributed by atoms with Crippen LogP contribution in [0.2, 0.25) is 0 Å². The first-order valence-corrected chi connectivity index (χ1v) is 9.44. The lowest BCUT2D eigenvalue weighted by atomic mass is 10.0. The summed E-state index contributed by atoms with van der Waals surface area (Å²) < 4.78 is 23.0. The van der Waals surface area contributed by atoms with E-state index >= 15 is 0 Å². The third-order valence-corrected chi connectivity index (χ3v) is 5.26. The number of benzene rings is 1. The van der Waals surface area contributed by atoms with E-state index in [1.165, 1.54) is 18.9 Å². The molecule has 0 radical (unpaired) electrons. The highest BCUT2D eigenvalue weighted by Gasteiger charge is 2.21. The van der Waals surface area contributed by atoms with Gasteiger partial charge in [-0.15, -0.1) is 0 Å². The summed E-state index contributed by atoms with van der Waals surface area (Å²) in [6.45, 7) is 4.07. The predicted molar refractivity (Wildman–Crippen MR) is 83.2 cm³/mol. The van der Waals surface area contributed by atoms with E-state index in [1.807, 2.05) is 0 Å². The molecule has 1 fully saturated rings. The van der Waals surface area contributed by atoms with Crippen LogP contribution in [0.5, 0.6) is 0 Å². The lowest BCUT2D eigenvalue weighted by Gasteiger charge is -2.11. The molecule has 21 heavy (non-hydrogen) atoms. The van der Waals surface area contributed by atoms with Gasteiger partial charge in [0.05, 0.1) is 4.90 Å². The van der Waals surface area contributed by atoms with E-state index in [4.69, 9.17) is 10.7 Å².